The van der Waals surface area contributed by atoms with E-state index in [-0.39, 0.29) is 0 Å². The second-order valence-electron chi connectivity index (χ2n) is 5.70. The lowest BCUT2D eigenvalue weighted by Crippen LogP contribution is -2.46. The second-order valence-corrected chi connectivity index (χ2v) is 8.44. The predicted octanol–water partition coefficient (Wildman–Crippen LogP) is 3.38. The monoisotopic (exact) mass is 302 g/mol. The van der Waals surface area contributed by atoms with Crippen LogP contribution in [-0.2, 0) is 18.0 Å². The Balaban J connectivity index is 1.77. The summed E-state index contributed by atoms with van der Waals surface area (Å²) in [6, 6.07) is 0.941. The number of fused-ring (bicyclic) bond motifs is 1. The van der Waals surface area contributed by atoms with Gasteiger partial charge in [-0.05, 0) is 52.4 Å². The van der Waals surface area contributed by atoms with Crippen LogP contribution in [0, 0.1) is 5.92 Å². The van der Waals surface area contributed by atoms with Crippen LogP contribution in [0.4, 0.5) is 0 Å². The van der Waals surface area contributed by atoms with Crippen LogP contribution in [0.25, 0.3) is 0 Å². The van der Waals surface area contributed by atoms with Crippen LogP contribution >= 0.6 is 0 Å². The van der Waals surface area contributed by atoms with E-state index in [0.29, 0.717) is 32.0 Å². The molecule has 1 saturated carbocycles. The highest BCUT2D eigenvalue weighted by molar-refractivity contribution is 6.60. The first-order valence-corrected chi connectivity index (χ1v) is 10.2. The van der Waals surface area contributed by atoms with Crippen LogP contribution in [0.15, 0.2) is 0 Å². The van der Waals surface area contributed by atoms with Crippen LogP contribution in [0.1, 0.15) is 52.9 Å². The van der Waals surface area contributed by atoms with Crippen molar-refractivity contribution >= 4 is 8.80 Å². The molecule has 1 aliphatic heterocycles. The Morgan fingerprint density at radius 3 is 2.25 bits per heavy atom. The van der Waals surface area contributed by atoms with E-state index in [0.717, 1.165) is 18.4 Å². The molecule has 4 nitrogen and oxygen atoms in total. The fraction of sp³-hybridized carbons (Fsp3) is 1.00. The Morgan fingerprint density at radius 1 is 1.00 bits per heavy atom. The Kier molecular flexibility index (Phi) is 6.48. The van der Waals surface area contributed by atoms with Crippen LogP contribution in [0.2, 0.25) is 6.04 Å². The van der Waals surface area contributed by atoms with Gasteiger partial charge < -0.3 is 18.0 Å². The zero-order valence-electron chi connectivity index (χ0n) is 13.2. The molecule has 1 aliphatic carbocycles. The molecule has 5 heteroatoms. The molecule has 0 amide bonds. The number of hydrogen-bond donors (Lipinski definition) is 0. The summed E-state index contributed by atoms with van der Waals surface area (Å²) < 4.78 is 23.4. The molecule has 0 bridgehead atoms. The quantitative estimate of drug-likeness (QED) is 0.458. The molecule has 3 atom stereocenters. The molecule has 1 heterocycles. The van der Waals surface area contributed by atoms with Gasteiger partial charge in [-0.2, -0.15) is 0 Å². The smallest absolute Gasteiger partial charge is 0.374 e. The molecular formula is C15H30O4Si. The average molecular weight is 302 g/mol. The van der Waals surface area contributed by atoms with E-state index in [1.165, 1.54) is 25.7 Å². The molecule has 0 aromatic carbocycles. The van der Waals surface area contributed by atoms with Crippen LogP contribution < -0.4 is 0 Å². The third-order valence-corrected chi connectivity index (χ3v) is 7.45. The molecule has 20 heavy (non-hydrogen) atoms. The minimum absolute atomic E-state index is 0.561. The van der Waals surface area contributed by atoms with Gasteiger partial charge >= 0.3 is 8.80 Å². The first kappa shape index (κ1) is 16.4. The lowest BCUT2D eigenvalue weighted by atomic mass is 9.86. The number of hydrogen-bond acceptors (Lipinski definition) is 4. The third-order valence-electron chi connectivity index (χ3n) is 4.30. The third kappa shape index (κ3) is 4.27. The fourth-order valence-electron chi connectivity index (χ4n) is 3.44. The van der Waals surface area contributed by atoms with Crippen molar-refractivity contribution in [3.8, 4) is 0 Å². The van der Waals surface area contributed by atoms with E-state index in [1.54, 1.807) is 0 Å². The Morgan fingerprint density at radius 2 is 1.65 bits per heavy atom. The summed E-state index contributed by atoms with van der Waals surface area (Å²) in [6.45, 7) is 8.06. The molecule has 0 radical (unpaired) electrons. The number of ether oxygens (including phenoxy) is 1. The van der Waals surface area contributed by atoms with Crippen molar-refractivity contribution in [2.75, 3.05) is 19.8 Å². The molecule has 2 rings (SSSR count). The molecule has 0 aromatic rings. The molecule has 0 spiro atoms. The first-order chi connectivity index (χ1) is 9.74. The molecule has 2 fully saturated rings. The second kappa shape index (κ2) is 7.89. The maximum atomic E-state index is 5.90. The number of epoxide rings is 1. The minimum Gasteiger partial charge on any atom is -0.374 e. The largest absolute Gasteiger partial charge is 0.500 e. The highest BCUT2D eigenvalue weighted by Gasteiger charge is 2.47. The maximum Gasteiger partial charge on any atom is 0.500 e. The van der Waals surface area contributed by atoms with Gasteiger partial charge in [-0.25, -0.2) is 0 Å². The standard InChI is InChI=1S/C15H30O4Si/c1-4-16-20(17-5-2,18-6-3)12-8-10-13-9-7-11-14-15(13)19-14/h13-15H,4-12H2,1-3H3. The van der Waals surface area contributed by atoms with E-state index in [4.69, 9.17) is 18.0 Å². The normalized spacial score (nSPS) is 29.2. The molecule has 1 saturated heterocycles. The van der Waals surface area contributed by atoms with Gasteiger partial charge in [0.05, 0.1) is 12.2 Å². The Labute approximate surface area is 124 Å². The highest BCUT2D eigenvalue weighted by Crippen LogP contribution is 2.43. The van der Waals surface area contributed by atoms with Crippen molar-refractivity contribution in [1.29, 1.82) is 0 Å². The van der Waals surface area contributed by atoms with E-state index < -0.39 is 8.80 Å². The van der Waals surface area contributed by atoms with Crippen LogP contribution in [0.5, 0.6) is 0 Å². The zero-order chi connectivity index (χ0) is 14.4. The lowest BCUT2D eigenvalue weighted by molar-refractivity contribution is 0.0701. The molecular weight excluding hydrogens is 272 g/mol. The molecule has 3 unspecified atom stereocenters. The lowest BCUT2D eigenvalue weighted by Gasteiger charge is -2.29. The maximum absolute atomic E-state index is 5.90. The summed E-state index contributed by atoms with van der Waals surface area (Å²) in [6.07, 6.45) is 7.43. The highest BCUT2D eigenvalue weighted by atomic mass is 28.4. The zero-order valence-corrected chi connectivity index (χ0v) is 14.2. The van der Waals surface area contributed by atoms with Gasteiger partial charge in [-0.15, -0.1) is 0 Å². The van der Waals surface area contributed by atoms with Crippen molar-refractivity contribution in [2.45, 2.75) is 71.1 Å². The van der Waals surface area contributed by atoms with Gasteiger partial charge in [0.15, 0.2) is 0 Å². The van der Waals surface area contributed by atoms with Gasteiger partial charge in [0, 0.05) is 25.9 Å². The summed E-state index contributed by atoms with van der Waals surface area (Å²) >= 11 is 0. The number of rotatable bonds is 10. The SMILES string of the molecule is CCO[Si](CCCC1CCCC2OC12)(OCC)OCC. The van der Waals surface area contributed by atoms with E-state index in [1.807, 2.05) is 20.8 Å². The topological polar surface area (TPSA) is 40.2 Å². The molecule has 118 valence electrons. The van der Waals surface area contributed by atoms with Crippen molar-refractivity contribution in [3.05, 3.63) is 0 Å². The van der Waals surface area contributed by atoms with Crippen molar-refractivity contribution in [1.82, 2.24) is 0 Å². The Bertz CT molecular complexity index is 270. The van der Waals surface area contributed by atoms with Crippen molar-refractivity contribution < 1.29 is 18.0 Å². The van der Waals surface area contributed by atoms with Gasteiger partial charge in [0.1, 0.15) is 0 Å². The summed E-state index contributed by atoms with van der Waals surface area (Å²) in [7, 11) is -2.43. The average Bonchev–Trinajstić information content (AvgIpc) is 3.20. The molecule has 2 aliphatic rings. The Hall–Kier alpha value is 0.0569. The van der Waals surface area contributed by atoms with Crippen LogP contribution in [-0.4, -0.2) is 40.8 Å². The van der Waals surface area contributed by atoms with Gasteiger partial charge in [-0.1, -0.05) is 6.42 Å². The van der Waals surface area contributed by atoms with Gasteiger partial charge in [0.25, 0.3) is 0 Å². The van der Waals surface area contributed by atoms with Crippen LogP contribution in [0.3, 0.4) is 0 Å². The first-order valence-electron chi connectivity index (χ1n) is 8.32. The molecule has 0 N–H and O–H groups in total. The summed E-state index contributed by atoms with van der Waals surface area (Å²) in [4.78, 5) is 0. The summed E-state index contributed by atoms with van der Waals surface area (Å²) in [5.41, 5.74) is 0. The van der Waals surface area contributed by atoms with E-state index in [2.05, 4.69) is 0 Å². The molecule has 0 aromatic heterocycles. The predicted molar refractivity (Wildman–Crippen MR) is 80.7 cm³/mol. The van der Waals surface area contributed by atoms with Gasteiger partial charge in [0.2, 0.25) is 0 Å². The summed E-state index contributed by atoms with van der Waals surface area (Å²) in [5, 5.41) is 0. The van der Waals surface area contributed by atoms with Crippen molar-refractivity contribution in [2.24, 2.45) is 5.92 Å². The van der Waals surface area contributed by atoms with E-state index in [9.17, 15) is 0 Å². The van der Waals surface area contributed by atoms with E-state index >= 15 is 0 Å². The minimum atomic E-state index is -2.43. The van der Waals surface area contributed by atoms with Gasteiger partial charge in [-0.3, -0.25) is 0 Å². The fourth-order valence-corrected chi connectivity index (χ4v) is 6.08. The summed E-state index contributed by atoms with van der Waals surface area (Å²) in [5.74, 6) is 0.755. The van der Waals surface area contributed by atoms with Crippen molar-refractivity contribution in [3.63, 3.8) is 0 Å².